The molecule has 2 aliphatic rings. The van der Waals surface area contributed by atoms with Crippen LogP contribution >= 0.6 is 24.0 Å². The molecule has 5 heteroatoms. The van der Waals surface area contributed by atoms with Gasteiger partial charge in [0.15, 0.2) is 5.96 Å². The lowest BCUT2D eigenvalue weighted by molar-refractivity contribution is 0.224. The molecule has 0 aromatic heterocycles. The van der Waals surface area contributed by atoms with Crippen molar-refractivity contribution >= 4 is 29.9 Å². The van der Waals surface area contributed by atoms with Crippen LogP contribution < -0.4 is 5.32 Å². The van der Waals surface area contributed by atoms with Gasteiger partial charge in [0.25, 0.3) is 0 Å². The zero-order valence-electron chi connectivity index (χ0n) is 15.9. The monoisotopic (exact) mass is 450 g/mol. The number of rotatable bonds is 7. The first kappa shape index (κ1) is 22.0. The van der Waals surface area contributed by atoms with Crippen molar-refractivity contribution in [3.63, 3.8) is 0 Å². The van der Waals surface area contributed by atoms with E-state index in [2.05, 4.69) is 29.0 Å². The molecule has 0 spiro atoms. The molecular weight excluding hydrogens is 411 g/mol. The molecule has 2 aliphatic heterocycles. The average molecular weight is 450 g/mol. The third kappa shape index (κ3) is 8.37. The lowest BCUT2D eigenvalue weighted by atomic mass is 10.00. The van der Waals surface area contributed by atoms with Crippen molar-refractivity contribution < 1.29 is 0 Å². The Morgan fingerprint density at radius 2 is 1.71 bits per heavy atom. The van der Waals surface area contributed by atoms with Crippen molar-refractivity contribution in [2.75, 3.05) is 45.8 Å². The third-order valence-electron chi connectivity index (χ3n) is 5.26. The lowest BCUT2D eigenvalue weighted by Gasteiger charge is -2.33. The van der Waals surface area contributed by atoms with Crippen LogP contribution in [0.25, 0.3) is 0 Å². The molecule has 2 heterocycles. The molecule has 0 saturated carbocycles. The second-order valence-electron chi connectivity index (χ2n) is 7.37. The number of hydrogen-bond donors (Lipinski definition) is 1. The largest absolute Gasteiger partial charge is 0.357 e. The maximum absolute atomic E-state index is 4.86. The maximum atomic E-state index is 4.86. The van der Waals surface area contributed by atoms with E-state index in [1.165, 1.54) is 84.1 Å². The predicted octanol–water partition coefficient (Wildman–Crippen LogP) is 3.96. The molecule has 2 rings (SSSR count). The van der Waals surface area contributed by atoms with Crippen LogP contribution in [0.3, 0.4) is 0 Å². The van der Waals surface area contributed by atoms with E-state index in [0.29, 0.717) is 0 Å². The van der Waals surface area contributed by atoms with Crippen LogP contribution in [0.4, 0.5) is 0 Å². The molecule has 142 valence electrons. The summed E-state index contributed by atoms with van der Waals surface area (Å²) in [4.78, 5) is 9.96. The molecule has 4 nitrogen and oxygen atoms in total. The molecule has 0 amide bonds. The first-order valence-electron chi connectivity index (χ1n) is 10.0. The Labute approximate surface area is 166 Å². The predicted molar refractivity (Wildman–Crippen MR) is 116 cm³/mol. The summed E-state index contributed by atoms with van der Waals surface area (Å²) in [5.41, 5.74) is 0. The lowest BCUT2D eigenvalue weighted by Crippen LogP contribution is -2.45. The zero-order chi connectivity index (χ0) is 16.3. The average Bonchev–Trinajstić information content (AvgIpc) is 2.59. The van der Waals surface area contributed by atoms with Gasteiger partial charge >= 0.3 is 0 Å². The Morgan fingerprint density at radius 3 is 2.38 bits per heavy atom. The molecule has 0 aliphatic carbocycles. The molecule has 0 atom stereocenters. The summed E-state index contributed by atoms with van der Waals surface area (Å²) in [5.74, 6) is 2.03. The van der Waals surface area contributed by atoms with Gasteiger partial charge in [-0.1, -0.05) is 19.8 Å². The highest BCUT2D eigenvalue weighted by atomic mass is 127. The maximum Gasteiger partial charge on any atom is 0.193 e. The summed E-state index contributed by atoms with van der Waals surface area (Å²) >= 11 is 0. The Balaban J connectivity index is 0.00000288. The summed E-state index contributed by atoms with van der Waals surface area (Å²) in [7, 11) is 0. The molecule has 1 N–H and O–H groups in total. The molecule has 0 aromatic rings. The fraction of sp³-hybridized carbons (Fsp3) is 0.947. The van der Waals surface area contributed by atoms with Crippen LogP contribution in [0.2, 0.25) is 0 Å². The van der Waals surface area contributed by atoms with Crippen molar-refractivity contribution in [1.82, 2.24) is 15.1 Å². The fourth-order valence-corrected chi connectivity index (χ4v) is 3.64. The zero-order valence-corrected chi connectivity index (χ0v) is 18.3. The number of likely N-dealkylation sites (tertiary alicyclic amines) is 2. The van der Waals surface area contributed by atoms with E-state index in [1.54, 1.807) is 0 Å². The second-order valence-corrected chi connectivity index (χ2v) is 7.37. The summed E-state index contributed by atoms with van der Waals surface area (Å²) in [5, 5.41) is 3.48. The number of unbranched alkanes of at least 4 members (excludes halogenated alkanes) is 2. The number of piperidine rings is 2. The normalized spacial score (nSPS) is 20.8. The van der Waals surface area contributed by atoms with E-state index in [0.717, 1.165) is 25.0 Å². The summed E-state index contributed by atoms with van der Waals surface area (Å²) < 4.78 is 0. The van der Waals surface area contributed by atoms with Gasteiger partial charge < -0.3 is 15.1 Å². The highest BCUT2D eigenvalue weighted by molar-refractivity contribution is 14.0. The van der Waals surface area contributed by atoms with Crippen LogP contribution in [-0.4, -0.2) is 61.6 Å². The molecule has 2 fully saturated rings. The van der Waals surface area contributed by atoms with Crippen molar-refractivity contribution in [2.45, 2.75) is 65.2 Å². The van der Waals surface area contributed by atoms with Crippen LogP contribution in [0.1, 0.15) is 65.2 Å². The Hall–Kier alpha value is -0.0400. The Bertz CT molecular complexity index is 334. The smallest absolute Gasteiger partial charge is 0.193 e. The highest BCUT2D eigenvalue weighted by Gasteiger charge is 2.18. The van der Waals surface area contributed by atoms with E-state index in [4.69, 9.17) is 4.99 Å². The van der Waals surface area contributed by atoms with Gasteiger partial charge in [-0.05, 0) is 71.0 Å². The minimum absolute atomic E-state index is 0. The van der Waals surface area contributed by atoms with Crippen LogP contribution in [-0.2, 0) is 0 Å². The van der Waals surface area contributed by atoms with Crippen molar-refractivity contribution in [3.8, 4) is 0 Å². The molecular formula is C19H39IN4. The summed E-state index contributed by atoms with van der Waals surface area (Å²) in [6.07, 6.45) is 10.8. The third-order valence-corrected chi connectivity index (χ3v) is 5.26. The summed E-state index contributed by atoms with van der Waals surface area (Å²) in [6, 6.07) is 0. The van der Waals surface area contributed by atoms with Gasteiger partial charge in [-0.2, -0.15) is 0 Å². The molecule has 2 saturated heterocycles. The van der Waals surface area contributed by atoms with Gasteiger partial charge in [-0.3, -0.25) is 4.99 Å². The minimum atomic E-state index is 0. The van der Waals surface area contributed by atoms with Gasteiger partial charge in [-0.15, -0.1) is 24.0 Å². The first-order chi connectivity index (χ1) is 11.3. The number of hydrogen-bond acceptors (Lipinski definition) is 2. The first-order valence-corrected chi connectivity index (χ1v) is 10.0. The van der Waals surface area contributed by atoms with E-state index in [9.17, 15) is 0 Å². The Morgan fingerprint density at radius 1 is 1.00 bits per heavy atom. The van der Waals surface area contributed by atoms with E-state index in [-0.39, 0.29) is 24.0 Å². The number of guanidine groups is 1. The van der Waals surface area contributed by atoms with Crippen LogP contribution in [0.5, 0.6) is 0 Å². The van der Waals surface area contributed by atoms with Crippen molar-refractivity contribution in [2.24, 2.45) is 10.9 Å². The highest BCUT2D eigenvalue weighted by Crippen LogP contribution is 2.16. The van der Waals surface area contributed by atoms with Gasteiger partial charge in [0, 0.05) is 26.2 Å². The molecule has 24 heavy (non-hydrogen) atoms. The topological polar surface area (TPSA) is 30.9 Å². The van der Waals surface area contributed by atoms with Crippen LogP contribution in [0.15, 0.2) is 4.99 Å². The molecule has 0 unspecified atom stereocenters. The van der Waals surface area contributed by atoms with Crippen molar-refractivity contribution in [1.29, 1.82) is 0 Å². The fourth-order valence-electron chi connectivity index (χ4n) is 3.64. The SMILES string of the molecule is CCNC(=NCCCCCN1CCCCC1)N1CCC(C)CC1.I. The molecule has 0 radical (unpaired) electrons. The number of aliphatic imine (C=N–C) groups is 1. The number of halogens is 1. The Kier molecular flexibility index (Phi) is 12.1. The van der Waals surface area contributed by atoms with Gasteiger partial charge in [0.05, 0.1) is 0 Å². The number of nitrogens with zero attached hydrogens (tertiary/aromatic N) is 3. The van der Waals surface area contributed by atoms with Gasteiger partial charge in [0.1, 0.15) is 0 Å². The standard InChI is InChI=1S/C19H38N4.HI/c1-3-20-19(23-16-10-18(2)11-17-23)21-12-6-4-7-13-22-14-8-5-9-15-22;/h18H,3-17H2,1-2H3,(H,20,21);1H. The van der Waals surface area contributed by atoms with E-state index < -0.39 is 0 Å². The molecule has 0 aromatic carbocycles. The van der Waals surface area contributed by atoms with E-state index in [1.807, 2.05) is 0 Å². The second kappa shape index (κ2) is 13.2. The number of nitrogens with one attached hydrogen (secondary N) is 1. The van der Waals surface area contributed by atoms with E-state index >= 15 is 0 Å². The minimum Gasteiger partial charge on any atom is -0.357 e. The summed E-state index contributed by atoms with van der Waals surface area (Å²) in [6.45, 7) is 12.8. The van der Waals surface area contributed by atoms with Gasteiger partial charge in [0.2, 0.25) is 0 Å². The quantitative estimate of drug-likeness (QED) is 0.276. The molecule has 0 bridgehead atoms. The van der Waals surface area contributed by atoms with Gasteiger partial charge in [-0.25, -0.2) is 0 Å². The van der Waals surface area contributed by atoms with Crippen molar-refractivity contribution in [3.05, 3.63) is 0 Å². The van der Waals surface area contributed by atoms with Crippen LogP contribution in [0, 0.1) is 5.92 Å².